The van der Waals surface area contributed by atoms with Gasteiger partial charge >= 0.3 is 5.97 Å². The van der Waals surface area contributed by atoms with Crippen LogP contribution in [0, 0.1) is 33.8 Å². The van der Waals surface area contributed by atoms with E-state index in [1.165, 1.54) is 40.2 Å². The van der Waals surface area contributed by atoms with Crippen molar-refractivity contribution >= 4 is 17.4 Å². The van der Waals surface area contributed by atoms with E-state index in [0.717, 1.165) is 5.56 Å². The van der Waals surface area contributed by atoms with Gasteiger partial charge < -0.3 is 63.6 Å². The highest BCUT2D eigenvalue weighted by molar-refractivity contribution is 5.83. The van der Waals surface area contributed by atoms with Crippen molar-refractivity contribution in [1.82, 2.24) is 19.9 Å². The molecule has 3 saturated heterocycles. The smallest absolute Gasteiger partial charge is 0.311 e. The summed E-state index contributed by atoms with van der Waals surface area (Å²) in [7, 11) is 4.84. The minimum absolute atomic E-state index is 0.0278. The van der Waals surface area contributed by atoms with Crippen LogP contribution in [0.15, 0.2) is 30.5 Å². The zero-order valence-electron chi connectivity index (χ0n) is 43.7. The van der Waals surface area contributed by atoms with Gasteiger partial charge in [0.2, 0.25) is 0 Å². The number of rotatable bonds is 16. The third-order valence-electron chi connectivity index (χ3n) is 15.7. The van der Waals surface area contributed by atoms with Gasteiger partial charge in [0.25, 0.3) is 5.69 Å². The van der Waals surface area contributed by atoms with Crippen LogP contribution in [0.5, 0.6) is 0 Å². The van der Waals surface area contributed by atoms with Gasteiger partial charge in [0.05, 0.1) is 70.9 Å². The van der Waals surface area contributed by atoms with E-state index in [2.05, 4.69) is 10.3 Å². The number of likely N-dealkylation sites (N-methyl/N-ethyl adjacent to an activating group) is 1. The van der Waals surface area contributed by atoms with Gasteiger partial charge in [-0.2, -0.15) is 0 Å². The summed E-state index contributed by atoms with van der Waals surface area (Å²) < 4.78 is 46.2. The van der Waals surface area contributed by atoms with E-state index >= 15 is 0 Å². The lowest BCUT2D eigenvalue weighted by atomic mass is 9.74. The molecule has 19 atom stereocenters. The Morgan fingerprint density at radius 1 is 0.944 bits per heavy atom. The number of carbonyl (C=O) groups excluding carboxylic acids is 2. The maximum atomic E-state index is 14.5. The molecule has 3 aliphatic heterocycles. The van der Waals surface area contributed by atoms with E-state index in [1.54, 1.807) is 64.6 Å². The van der Waals surface area contributed by atoms with Crippen LogP contribution in [-0.4, -0.2) is 181 Å². The van der Waals surface area contributed by atoms with Crippen molar-refractivity contribution in [2.75, 3.05) is 34.4 Å². The summed E-state index contributed by atoms with van der Waals surface area (Å²) in [6.45, 7) is 17.0. The van der Waals surface area contributed by atoms with Crippen molar-refractivity contribution in [1.29, 1.82) is 0 Å². The Kier molecular flexibility index (Phi) is 19.9. The molecule has 71 heavy (non-hydrogen) atoms. The van der Waals surface area contributed by atoms with Gasteiger partial charge in [0.1, 0.15) is 29.7 Å². The van der Waals surface area contributed by atoms with E-state index in [9.17, 15) is 45.2 Å². The number of aliphatic hydroxyl groups excluding tert-OH is 4. The van der Waals surface area contributed by atoms with Gasteiger partial charge in [0.15, 0.2) is 12.6 Å². The van der Waals surface area contributed by atoms with Gasteiger partial charge in [-0.1, -0.05) is 45.0 Å². The fourth-order valence-electron chi connectivity index (χ4n) is 10.8. The number of hydrogen-bond acceptors (Lipinski definition) is 19. The Bertz CT molecular complexity index is 2060. The number of cyclic esters (lactones) is 1. The van der Waals surface area contributed by atoms with Gasteiger partial charge in [0, 0.05) is 75.7 Å². The quantitative estimate of drug-likeness (QED) is 0.0916. The molecule has 5 rings (SSSR count). The molecule has 0 bridgehead atoms. The number of hydrogen-bond donors (Lipinski definition) is 5. The minimum Gasteiger partial charge on any atom is -0.459 e. The van der Waals surface area contributed by atoms with Crippen molar-refractivity contribution in [3.05, 3.63) is 51.8 Å². The molecule has 21 heteroatoms. The Morgan fingerprint density at radius 3 is 2.18 bits per heavy atom. The molecule has 21 nitrogen and oxygen atoms in total. The number of ketones is 1. The monoisotopic (exact) mass is 1010 g/mol. The summed E-state index contributed by atoms with van der Waals surface area (Å²) in [6, 6.07) is 5.17. The number of nitrogens with zero attached hydrogens (tertiary/aromatic N) is 5. The molecule has 1 aromatic carbocycles. The van der Waals surface area contributed by atoms with E-state index < -0.39 is 125 Å². The van der Waals surface area contributed by atoms with Gasteiger partial charge in [-0.15, -0.1) is 5.10 Å². The molecule has 0 unspecified atom stereocenters. The van der Waals surface area contributed by atoms with Crippen LogP contribution in [0.4, 0.5) is 5.69 Å². The Balaban J connectivity index is 1.45. The van der Waals surface area contributed by atoms with Crippen LogP contribution < -0.4 is 0 Å². The molecule has 0 radical (unpaired) electrons. The fourth-order valence-corrected chi connectivity index (χ4v) is 10.8. The SMILES string of the molecule is CC[C@H]1OC(=O)[C@H](C)[C@@H](O[C@H]2C[C@@](C)(OC)[C@@H](O)[C@H](C)O2)[C@H](C)[C@@H](O[C@@H]2O[C@H](C)C[C@H](N(C)CCc3cn([C@H](CO)Cc4ccc([N+](=O)[O-])cc4)nn3)[C@H]2O)[C@](C)(OC)C[C@@H](C)C(=O)[C@H](C)[C@@H](O)[C@]1(C)O. The van der Waals surface area contributed by atoms with Crippen LogP contribution in [-0.2, 0) is 55.6 Å². The number of aromatic nitrogens is 3. The standard InChI is InChI=1S/C50H81N5O16/c1-14-38-50(10,62)43(59)29(4)40(57)27(2)23-49(9,66-13)45(30(5)42(31(6)46(61)69-38)70-39-24-48(8,65-12)44(60)32(7)68-39)71-47-41(58)37(21-28(3)67-47)53(11)20-19-34-25-54(52-51-34)36(26-56)22-33-15-17-35(18-16-33)55(63)64/h15-18,25,27-32,36-39,41-45,47,56,58-60,62H,14,19-24,26H2,1-13H3/t27-,28-,29+,30+,31-,32+,36+,37+,38-,39+,41-,42+,43-,44+,45-,47+,48-,49-,50-/m1/s1. The van der Waals surface area contributed by atoms with Gasteiger partial charge in [-0.05, 0) is 79.8 Å². The highest BCUT2D eigenvalue weighted by atomic mass is 16.7. The molecule has 0 saturated carbocycles. The number of nitro benzene ring substituents is 1. The molecule has 0 spiro atoms. The largest absolute Gasteiger partial charge is 0.459 e. The zero-order chi connectivity index (χ0) is 52.9. The van der Waals surface area contributed by atoms with Crippen LogP contribution in [0.25, 0.3) is 0 Å². The van der Waals surface area contributed by atoms with Crippen molar-refractivity contribution < 1.29 is 73.2 Å². The normalized spacial score (nSPS) is 39.5. The minimum atomic E-state index is -2.02. The maximum absolute atomic E-state index is 14.5. The molecule has 0 amide bonds. The number of carbonyl (C=O) groups is 2. The molecule has 3 fully saturated rings. The second-order valence-corrected chi connectivity index (χ2v) is 21.1. The van der Waals surface area contributed by atoms with Crippen molar-refractivity contribution in [3.8, 4) is 0 Å². The first-order valence-electron chi connectivity index (χ1n) is 24.9. The summed E-state index contributed by atoms with van der Waals surface area (Å²) in [6.07, 6.45) is -7.46. The number of nitro groups is 1. The molecule has 5 N–H and O–H groups in total. The number of Topliss-reactive ketones (excluding diaryl/α,β-unsaturated/α-hetero) is 1. The predicted molar refractivity (Wildman–Crippen MR) is 257 cm³/mol. The molecule has 1 aromatic heterocycles. The van der Waals surface area contributed by atoms with Crippen LogP contribution in [0.2, 0.25) is 0 Å². The third-order valence-corrected chi connectivity index (χ3v) is 15.7. The first kappa shape index (κ1) is 58.3. The Morgan fingerprint density at radius 2 is 1.59 bits per heavy atom. The lowest BCUT2D eigenvalue weighted by Crippen LogP contribution is -2.61. The Labute approximate surface area is 417 Å². The summed E-state index contributed by atoms with van der Waals surface area (Å²) in [4.78, 5) is 41.4. The average molecular weight is 1010 g/mol. The van der Waals surface area contributed by atoms with E-state index in [4.69, 9.17) is 33.2 Å². The van der Waals surface area contributed by atoms with Gasteiger partial charge in [-0.25, -0.2) is 4.68 Å². The molecule has 2 aromatic rings. The van der Waals surface area contributed by atoms with Crippen LogP contribution in [0.3, 0.4) is 0 Å². The molecule has 4 heterocycles. The van der Waals surface area contributed by atoms with Gasteiger partial charge in [-0.3, -0.25) is 19.7 Å². The maximum Gasteiger partial charge on any atom is 0.311 e. The highest BCUT2D eigenvalue weighted by Gasteiger charge is 2.54. The number of benzene rings is 1. The lowest BCUT2D eigenvalue weighted by Gasteiger charge is -2.50. The zero-order valence-corrected chi connectivity index (χ0v) is 43.7. The Hall–Kier alpha value is -3.58. The predicted octanol–water partition coefficient (Wildman–Crippen LogP) is 3.33. The molecule has 402 valence electrons. The molecular weight excluding hydrogens is 927 g/mol. The lowest BCUT2D eigenvalue weighted by molar-refractivity contribution is -0.384. The second kappa shape index (κ2) is 24.2. The topological polar surface area (TPSA) is 277 Å². The van der Waals surface area contributed by atoms with E-state index in [1.807, 2.05) is 25.8 Å². The van der Waals surface area contributed by atoms with Crippen LogP contribution >= 0.6 is 0 Å². The number of ether oxygens (including phenoxy) is 7. The van der Waals surface area contributed by atoms with Crippen molar-refractivity contribution in [2.24, 2.45) is 23.7 Å². The highest BCUT2D eigenvalue weighted by Crippen LogP contribution is 2.42. The molecular formula is C50H81N5O16. The number of aliphatic hydroxyl groups is 5. The third kappa shape index (κ3) is 13.2. The molecule has 0 aliphatic carbocycles. The van der Waals surface area contributed by atoms with Crippen molar-refractivity contribution in [2.45, 2.75) is 198 Å². The summed E-state index contributed by atoms with van der Waals surface area (Å²) in [5.74, 6) is -4.87. The fraction of sp³-hybridized carbons (Fsp3) is 0.800. The van der Waals surface area contributed by atoms with E-state index in [0.29, 0.717) is 31.5 Å². The van der Waals surface area contributed by atoms with E-state index in [-0.39, 0.29) is 37.3 Å². The average Bonchev–Trinajstić information content (AvgIpc) is 3.82. The van der Waals surface area contributed by atoms with Crippen molar-refractivity contribution in [3.63, 3.8) is 0 Å². The summed E-state index contributed by atoms with van der Waals surface area (Å²) in [5, 5.41) is 76.7. The number of methoxy groups -OCH3 is 2. The number of esters is 1. The summed E-state index contributed by atoms with van der Waals surface area (Å²) in [5.41, 5.74) is -3.07. The second-order valence-electron chi connectivity index (χ2n) is 21.1. The molecule has 3 aliphatic rings. The van der Waals surface area contributed by atoms with Crippen LogP contribution in [0.1, 0.15) is 112 Å². The number of non-ortho nitro benzene ring substituents is 1. The summed E-state index contributed by atoms with van der Waals surface area (Å²) >= 11 is 0. The first-order chi connectivity index (χ1) is 33.2. The first-order valence-corrected chi connectivity index (χ1v) is 24.9.